The van der Waals surface area contributed by atoms with Crippen LogP contribution in [-0.2, 0) is 22.4 Å². The number of benzene rings is 2. The van der Waals surface area contributed by atoms with Crippen molar-refractivity contribution in [3.8, 4) is 0 Å². The highest BCUT2D eigenvalue weighted by atomic mass is 16.6. The summed E-state index contributed by atoms with van der Waals surface area (Å²) in [6.07, 6.45) is 1.09. The number of nitrogens with one attached hydrogen (secondary N) is 1. The summed E-state index contributed by atoms with van der Waals surface area (Å²) in [6.45, 7) is 0.480. The molecule has 1 aliphatic heterocycles. The fraction of sp³-hybridized carbons (Fsp3) is 0.350. The lowest BCUT2D eigenvalue weighted by molar-refractivity contribution is -0.129. The van der Waals surface area contributed by atoms with Gasteiger partial charge in [-0.1, -0.05) is 60.7 Å². The maximum absolute atomic E-state index is 12.8. The minimum absolute atomic E-state index is 0.0303. The molecule has 0 saturated carbocycles. The van der Waals surface area contributed by atoms with E-state index in [4.69, 9.17) is 4.74 Å². The van der Waals surface area contributed by atoms with Crippen LogP contribution in [0.1, 0.15) is 17.5 Å². The molecule has 2 N–H and O–H groups in total. The Morgan fingerprint density at radius 2 is 1.58 bits per heavy atom. The van der Waals surface area contributed by atoms with Crippen LogP contribution in [0.25, 0.3) is 0 Å². The molecule has 24 heavy (non-hydrogen) atoms. The molecule has 2 atom stereocenters. The number of ether oxygens (including phenoxy) is 1. The smallest absolute Gasteiger partial charge is 0.224 e. The molecule has 1 fully saturated rings. The molecule has 1 aliphatic rings. The summed E-state index contributed by atoms with van der Waals surface area (Å²) in [5.74, 6) is -0.208. The summed E-state index contributed by atoms with van der Waals surface area (Å²) in [5, 5.41) is 12.7. The highest BCUT2D eigenvalue weighted by Gasteiger charge is 2.30. The molecule has 0 aliphatic carbocycles. The van der Waals surface area contributed by atoms with E-state index in [-0.39, 0.29) is 17.9 Å². The largest absolute Gasteiger partial charge is 0.366 e. The number of aliphatic hydroxyl groups is 1. The first-order chi connectivity index (χ1) is 11.7. The second-order valence-electron chi connectivity index (χ2n) is 6.24. The number of hydrogen-bond donors (Lipinski definition) is 2. The van der Waals surface area contributed by atoms with Crippen molar-refractivity contribution in [3.63, 3.8) is 0 Å². The number of carbonyl (C=O) groups is 1. The van der Waals surface area contributed by atoms with Gasteiger partial charge in [0.2, 0.25) is 5.91 Å². The van der Waals surface area contributed by atoms with Crippen LogP contribution >= 0.6 is 0 Å². The van der Waals surface area contributed by atoms with Crippen molar-refractivity contribution in [2.75, 3.05) is 6.61 Å². The second kappa shape index (κ2) is 8.08. The lowest BCUT2D eigenvalue weighted by Gasteiger charge is -2.21. The Labute approximate surface area is 142 Å². The maximum atomic E-state index is 12.8. The zero-order valence-electron chi connectivity index (χ0n) is 13.6. The molecule has 0 bridgehead atoms. The molecule has 1 unspecified atom stereocenters. The molecule has 0 radical (unpaired) electrons. The number of amides is 1. The third-order valence-corrected chi connectivity index (χ3v) is 4.41. The molecule has 2 aromatic rings. The summed E-state index contributed by atoms with van der Waals surface area (Å²) >= 11 is 0. The van der Waals surface area contributed by atoms with Gasteiger partial charge in [-0.15, -0.1) is 0 Å². The van der Waals surface area contributed by atoms with E-state index in [0.29, 0.717) is 25.9 Å². The van der Waals surface area contributed by atoms with Crippen molar-refractivity contribution < 1.29 is 14.6 Å². The van der Waals surface area contributed by atoms with Crippen LogP contribution in [0.2, 0.25) is 0 Å². The van der Waals surface area contributed by atoms with Crippen LogP contribution in [0.4, 0.5) is 0 Å². The number of rotatable bonds is 6. The van der Waals surface area contributed by atoms with E-state index < -0.39 is 6.29 Å². The van der Waals surface area contributed by atoms with Crippen LogP contribution in [0.3, 0.4) is 0 Å². The van der Waals surface area contributed by atoms with E-state index in [2.05, 4.69) is 5.32 Å². The molecule has 1 amide bonds. The van der Waals surface area contributed by atoms with Gasteiger partial charge in [0, 0.05) is 5.92 Å². The Hall–Kier alpha value is -2.17. The standard InChI is InChI=1S/C20H23NO3/c22-19(21-18-11-12-24-20(18)23)17(13-15-7-3-1-4-8-15)14-16-9-5-2-6-10-16/h1-10,17-18,20,23H,11-14H2,(H,21,22)/t18-,20?/m0/s1. The number of carbonyl (C=O) groups excluding carboxylic acids is 1. The van der Waals surface area contributed by atoms with Crippen molar-refractivity contribution in [2.45, 2.75) is 31.6 Å². The van der Waals surface area contributed by atoms with E-state index in [1.165, 1.54) is 0 Å². The first-order valence-electron chi connectivity index (χ1n) is 8.40. The normalized spacial score (nSPS) is 20.2. The molecule has 3 rings (SSSR count). The molecule has 4 nitrogen and oxygen atoms in total. The fourth-order valence-electron chi connectivity index (χ4n) is 3.07. The summed E-state index contributed by atoms with van der Waals surface area (Å²) in [6, 6.07) is 19.7. The molecule has 2 aromatic carbocycles. The molecular formula is C20H23NO3. The molecule has 0 aromatic heterocycles. The second-order valence-corrected chi connectivity index (χ2v) is 6.24. The van der Waals surface area contributed by atoms with Crippen molar-refractivity contribution in [2.24, 2.45) is 5.92 Å². The monoisotopic (exact) mass is 325 g/mol. The van der Waals surface area contributed by atoms with Gasteiger partial charge in [-0.25, -0.2) is 0 Å². The molecule has 126 valence electrons. The van der Waals surface area contributed by atoms with Crippen LogP contribution in [0.15, 0.2) is 60.7 Å². The van der Waals surface area contributed by atoms with Crippen molar-refractivity contribution in [3.05, 3.63) is 71.8 Å². The highest BCUT2D eigenvalue weighted by molar-refractivity contribution is 5.79. The number of aliphatic hydroxyl groups excluding tert-OH is 1. The molecule has 1 saturated heterocycles. The van der Waals surface area contributed by atoms with Crippen molar-refractivity contribution in [1.29, 1.82) is 0 Å². The Kier molecular flexibility index (Phi) is 5.62. The van der Waals surface area contributed by atoms with Gasteiger partial charge in [0.25, 0.3) is 0 Å². The minimum atomic E-state index is -0.900. The molecule has 1 heterocycles. The first-order valence-corrected chi connectivity index (χ1v) is 8.40. The van der Waals surface area contributed by atoms with Gasteiger partial charge in [0.15, 0.2) is 6.29 Å². The average Bonchev–Trinajstić information content (AvgIpc) is 3.01. The van der Waals surface area contributed by atoms with Crippen LogP contribution in [0, 0.1) is 5.92 Å². The Bertz CT molecular complexity index is 603. The van der Waals surface area contributed by atoms with E-state index in [1.54, 1.807) is 0 Å². The summed E-state index contributed by atoms with van der Waals surface area (Å²) < 4.78 is 5.12. The third-order valence-electron chi connectivity index (χ3n) is 4.41. The van der Waals surface area contributed by atoms with Crippen molar-refractivity contribution >= 4 is 5.91 Å². The Morgan fingerprint density at radius 3 is 2.04 bits per heavy atom. The topological polar surface area (TPSA) is 58.6 Å². The number of hydrogen-bond acceptors (Lipinski definition) is 3. The minimum Gasteiger partial charge on any atom is -0.366 e. The predicted molar refractivity (Wildman–Crippen MR) is 92.3 cm³/mol. The van der Waals surface area contributed by atoms with Gasteiger partial charge in [0.1, 0.15) is 0 Å². The summed E-state index contributed by atoms with van der Waals surface area (Å²) in [5.41, 5.74) is 2.27. The average molecular weight is 325 g/mol. The quantitative estimate of drug-likeness (QED) is 0.857. The van der Waals surface area contributed by atoms with Gasteiger partial charge >= 0.3 is 0 Å². The lowest BCUT2D eigenvalue weighted by atomic mass is 9.91. The fourth-order valence-corrected chi connectivity index (χ4v) is 3.07. The highest BCUT2D eigenvalue weighted by Crippen LogP contribution is 2.17. The van der Waals surface area contributed by atoms with E-state index in [9.17, 15) is 9.90 Å². The lowest BCUT2D eigenvalue weighted by Crippen LogP contribution is -2.44. The maximum Gasteiger partial charge on any atom is 0.224 e. The van der Waals surface area contributed by atoms with Crippen molar-refractivity contribution in [1.82, 2.24) is 5.32 Å². The molecular weight excluding hydrogens is 302 g/mol. The Balaban J connectivity index is 1.71. The third kappa shape index (κ3) is 4.43. The SMILES string of the molecule is O=C(N[C@H]1CCOC1O)C(Cc1ccccc1)Cc1ccccc1. The first kappa shape index (κ1) is 16.7. The van der Waals surface area contributed by atoms with Gasteiger partial charge in [-0.05, 0) is 30.4 Å². The zero-order valence-corrected chi connectivity index (χ0v) is 13.6. The van der Waals surface area contributed by atoms with Gasteiger partial charge < -0.3 is 15.2 Å². The molecule has 4 heteroatoms. The van der Waals surface area contributed by atoms with Crippen LogP contribution in [-0.4, -0.2) is 30.0 Å². The van der Waals surface area contributed by atoms with E-state index in [0.717, 1.165) is 11.1 Å². The van der Waals surface area contributed by atoms with E-state index >= 15 is 0 Å². The van der Waals surface area contributed by atoms with Gasteiger partial charge in [-0.2, -0.15) is 0 Å². The Morgan fingerprint density at radius 1 is 1.04 bits per heavy atom. The molecule has 0 spiro atoms. The van der Waals surface area contributed by atoms with Gasteiger partial charge in [-0.3, -0.25) is 4.79 Å². The summed E-state index contributed by atoms with van der Waals surface area (Å²) in [4.78, 5) is 12.8. The predicted octanol–water partition coefficient (Wildman–Crippen LogP) is 2.31. The summed E-state index contributed by atoms with van der Waals surface area (Å²) in [7, 11) is 0. The zero-order chi connectivity index (χ0) is 16.8. The van der Waals surface area contributed by atoms with Crippen LogP contribution in [0.5, 0.6) is 0 Å². The van der Waals surface area contributed by atoms with Gasteiger partial charge in [0.05, 0.1) is 12.6 Å². The van der Waals surface area contributed by atoms with Crippen LogP contribution < -0.4 is 5.32 Å². The van der Waals surface area contributed by atoms with E-state index in [1.807, 2.05) is 60.7 Å².